The molecule has 3 aromatic rings. The van der Waals surface area contributed by atoms with Crippen LogP contribution in [0.1, 0.15) is 30.6 Å². The minimum atomic E-state index is -0.426. The normalized spacial score (nSPS) is 11.4. The van der Waals surface area contributed by atoms with Crippen LogP contribution in [0, 0.1) is 5.92 Å². The van der Waals surface area contributed by atoms with Gasteiger partial charge < -0.3 is 14.2 Å². The van der Waals surface area contributed by atoms with E-state index >= 15 is 0 Å². The van der Waals surface area contributed by atoms with Crippen LogP contribution in [0.25, 0.3) is 11.1 Å². The van der Waals surface area contributed by atoms with E-state index in [1.54, 1.807) is 36.4 Å². The fourth-order valence-corrected chi connectivity index (χ4v) is 2.81. The van der Waals surface area contributed by atoms with E-state index in [0.717, 1.165) is 17.5 Å². The number of ether oxygens (including phenoxy) is 3. The molecule has 0 aliphatic carbocycles. The van der Waals surface area contributed by atoms with Gasteiger partial charge in [0.15, 0.2) is 0 Å². The van der Waals surface area contributed by atoms with Crippen molar-refractivity contribution in [1.82, 2.24) is 0 Å². The molecule has 0 amide bonds. The summed E-state index contributed by atoms with van der Waals surface area (Å²) < 4.78 is 16.1. The number of hydrogen-bond acceptors (Lipinski definition) is 5. The van der Waals surface area contributed by atoms with Crippen LogP contribution in [0.2, 0.25) is 0 Å². The monoisotopic (exact) mass is 418 g/mol. The van der Waals surface area contributed by atoms with E-state index in [-0.39, 0.29) is 25.1 Å². The summed E-state index contributed by atoms with van der Waals surface area (Å²) >= 11 is 0. The topological polar surface area (TPSA) is 61.8 Å². The third kappa shape index (κ3) is 6.44. The highest BCUT2D eigenvalue weighted by Crippen LogP contribution is 2.21. The minimum Gasteiger partial charge on any atom is -0.490 e. The smallest absolute Gasteiger partial charge is 0.343 e. The van der Waals surface area contributed by atoms with Gasteiger partial charge in [-0.1, -0.05) is 56.3 Å². The van der Waals surface area contributed by atoms with Crippen LogP contribution in [0.5, 0.6) is 11.5 Å². The summed E-state index contributed by atoms with van der Waals surface area (Å²) in [6.45, 7) is 4.23. The standard InChI is InChI=1S/C26H26O5/c1-3-19(2)25(27)30-18-17-29-23-13-15-24(16-14-23)31-26(28)22-11-9-21(10-12-22)20-7-5-4-6-8-20/h4-16,19H,3,17-18H2,1-2H3. The Hall–Kier alpha value is -3.60. The Bertz CT molecular complexity index is 979. The molecule has 160 valence electrons. The van der Waals surface area contributed by atoms with E-state index in [1.807, 2.05) is 56.3 Å². The fraction of sp³-hybridized carbons (Fsp3) is 0.231. The van der Waals surface area contributed by atoms with Crippen LogP contribution >= 0.6 is 0 Å². The predicted octanol–water partition coefficient (Wildman–Crippen LogP) is 5.54. The summed E-state index contributed by atoms with van der Waals surface area (Å²) in [4.78, 5) is 24.0. The van der Waals surface area contributed by atoms with Crippen LogP contribution in [-0.2, 0) is 9.53 Å². The van der Waals surface area contributed by atoms with Gasteiger partial charge in [-0.05, 0) is 53.9 Å². The Labute approximate surface area is 182 Å². The highest BCUT2D eigenvalue weighted by Gasteiger charge is 2.12. The van der Waals surface area contributed by atoms with Gasteiger partial charge in [0.05, 0.1) is 11.5 Å². The largest absolute Gasteiger partial charge is 0.490 e. The lowest BCUT2D eigenvalue weighted by Crippen LogP contribution is -2.17. The summed E-state index contributed by atoms with van der Waals surface area (Å²) in [5.41, 5.74) is 2.60. The number of hydrogen-bond donors (Lipinski definition) is 0. The van der Waals surface area contributed by atoms with Crippen molar-refractivity contribution in [1.29, 1.82) is 0 Å². The molecule has 0 N–H and O–H groups in total. The van der Waals surface area contributed by atoms with Crippen LogP contribution in [0.4, 0.5) is 0 Å². The average molecular weight is 418 g/mol. The SMILES string of the molecule is CCC(C)C(=O)OCCOc1ccc(OC(=O)c2ccc(-c3ccccc3)cc2)cc1. The van der Waals surface area contributed by atoms with Crippen LogP contribution in [0.15, 0.2) is 78.9 Å². The second-order valence-corrected chi connectivity index (χ2v) is 7.13. The van der Waals surface area contributed by atoms with E-state index < -0.39 is 5.97 Å². The van der Waals surface area contributed by atoms with Gasteiger partial charge >= 0.3 is 11.9 Å². The zero-order valence-corrected chi connectivity index (χ0v) is 17.7. The molecule has 0 aromatic heterocycles. The van der Waals surface area contributed by atoms with E-state index in [4.69, 9.17) is 14.2 Å². The molecule has 1 unspecified atom stereocenters. The molecule has 0 bridgehead atoms. The van der Waals surface area contributed by atoms with E-state index in [0.29, 0.717) is 17.1 Å². The number of rotatable bonds is 9. The third-order valence-electron chi connectivity index (χ3n) is 4.87. The van der Waals surface area contributed by atoms with Crippen LogP contribution in [0.3, 0.4) is 0 Å². The van der Waals surface area contributed by atoms with Gasteiger partial charge in [-0.2, -0.15) is 0 Å². The van der Waals surface area contributed by atoms with Gasteiger partial charge in [0.25, 0.3) is 0 Å². The van der Waals surface area contributed by atoms with Crippen molar-refractivity contribution >= 4 is 11.9 Å². The molecule has 0 aliphatic rings. The first-order valence-corrected chi connectivity index (χ1v) is 10.3. The lowest BCUT2D eigenvalue weighted by molar-refractivity contribution is -0.148. The first-order chi connectivity index (χ1) is 15.1. The number of esters is 2. The van der Waals surface area contributed by atoms with Crippen molar-refractivity contribution in [3.8, 4) is 22.6 Å². The maximum atomic E-state index is 12.4. The number of benzene rings is 3. The predicted molar refractivity (Wildman–Crippen MR) is 119 cm³/mol. The molecule has 0 saturated carbocycles. The molecule has 1 atom stereocenters. The van der Waals surface area contributed by atoms with Gasteiger partial charge in [-0.3, -0.25) is 4.79 Å². The highest BCUT2D eigenvalue weighted by atomic mass is 16.6. The summed E-state index contributed by atoms with van der Waals surface area (Å²) in [7, 11) is 0. The van der Waals surface area contributed by atoms with E-state index in [1.165, 1.54) is 0 Å². The molecule has 5 heteroatoms. The highest BCUT2D eigenvalue weighted by molar-refractivity contribution is 5.91. The van der Waals surface area contributed by atoms with Crippen molar-refractivity contribution in [2.45, 2.75) is 20.3 Å². The Morgan fingerprint density at radius 1 is 0.774 bits per heavy atom. The second kappa shape index (κ2) is 11.0. The van der Waals surface area contributed by atoms with E-state index in [9.17, 15) is 9.59 Å². The Balaban J connectivity index is 1.48. The molecule has 31 heavy (non-hydrogen) atoms. The summed E-state index contributed by atoms with van der Waals surface area (Å²) in [5.74, 6) is 0.276. The van der Waals surface area contributed by atoms with Crippen molar-refractivity contribution in [2.24, 2.45) is 5.92 Å². The van der Waals surface area contributed by atoms with Crippen molar-refractivity contribution in [3.05, 3.63) is 84.4 Å². The molecule has 0 aliphatic heterocycles. The van der Waals surface area contributed by atoms with Gasteiger partial charge in [0, 0.05) is 0 Å². The van der Waals surface area contributed by atoms with Gasteiger partial charge in [0.2, 0.25) is 0 Å². The number of carbonyl (C=O) groups is 2. The van der Waals surface area contributed by atoms with Crippen molar-refractivity contribution < 1.29 is 23.8 Å². The quantitative estimate of drug-likeness (QED) is 0.259. The molecule has 3 rings (SSSR count). The second-order valence-electron chi connectivity index (χ2n) is 7.13. The summed E-state index contributed by atoms with van der Waals surface area (Å²) in [6.07, 6.45) is 0.747. The van der Waals surface area contributed by atoms with Crippen molar-refractivity contribution in [2.75, 3.05) is 13.2 Å². The molecule has 0 radical (unpaired) electrons. The lowest BCUT2D eigenvalue weighted by Gasteiger charge is -2.11. The summed E-state index contributed by atoms with van der Waals surface area (Å²) in [6, 6.07) is 24.0. The molecule has 0 heterocycles. The van der Waals surface area contributed by atoms with Gasteiger partial charge in [-0.25, -0.2) is 4.79 Å². The summed E-state index contributed by atoms with van der Waals surface area (Å²) in [5, 5.41) is 0. The number of carbonyl (C=O) groups excluding carboxylic acids is 2. The molecule has 0 spiro atoms. The third-order valence-corrected chi connectivity index (χ3v) is 4.87. The minimum absolute atomic E-state index is 0.108. The van der Waals surface area contributed by atoms with Gasteiger partial charge in [0.1, 0.15) is 24.7 Å². The Kier molecular flexibility index (Phi) is 7.82. The van der Waals surface area contributed by atoms with Gasteiger partial charge in [-0.15, -0.1) is 0 Å². The zero-order chi connectivity index (χ0) is 22.1. The maximum absolute atomic E-state index is 12.4. The molecule has 0 saturated heterocycles. The fourth-order valence-electron chi connectivity index (χ4n) is 2.81. The molecule has 3 aromatic carbocycles. The van der Waals surface area contributed by atoms with E-state index in [2.05, 4.69) is 0 Å². The van der Waals surface area contributed by atoms with Crippen molar-refractivity contribution in [3.63, 3.8) is 0 Å². The molecule has 0 fully saturated rings. The molecule has 5 nitrogen and oxygen atoms in total. The maximum Gasteiger partial charge on any atom is 0.343 e. The Morgan fingerprint density at radius 2 is 1.39 bits per heavy atom. The van der Waals surface area contributed by atoms with Crippen LogP contribution in [-0.4, -0.2) is 25.2 Å². The first-order valence-electron chi connectivity index (χ1n) is 10.3. The molecular formula is C26H26O5. The van der Waals surface area contributed by atoms with Crippen LogP contribution < -0.4 is 9.47 Å². The lowest BCUT2D eigenvalue weighted by atomic mass is 10.0. The zero-order valence-electron chi connectivity index (χ0n) is 17.7. The first kappa shape index (κ1) is 22.1. The molecular weight excluding hydrogens is 392 g/mol. The average Bonchev–Trinajstić information content (AvgIpc) is 2.82. The Morgan fingerprint density at radius 3 is 2.03 bits per heavy atom.